The third-order valence-corrected chi connectivity index (χ3v) is 3.26. The van der Waals surface area contributed by atoms with E-state index < -0.39 is 5.82 Å². The van der Waals surface area contributed by atoms with Gasteiger partial charge in [-0.1, -0.05) is 38.1 Å². The van der Waals surface area contributed by atoms with Gasteiger partial charge in [0, 0.05) is 12.1 Å². The number of nitrogens with one attached hydrogen (secondary N) is 1. The summed E-state index contributed by atoms with van der Waals surface area (Å²) in [6.45, 7) is 4.85. The fourth-order valence-corrected chi connectivity index (χ4v) is 1.97. The van der Waals surface area contributed by atoms with Crippen LogP contribution in [-0.4, -0.2) is 6.29 Å². The van der Waals surface area contributed by atoms with E-state index in [4.69, 9.17) is 0 Å². The Hall–Kier alpha value is -2.16. The predicted octanol–water partition coefficient (Wildman–Crippen LogP) is 4.37. The van der Waals surface area contributed by atoms with Gasteiger partial charge in [-0.2, -0.15) is 0 Å². The molecular weight excluding hydrogens is 253 g/mol. The van der Waals surface area contributed by atoms with Gasteiger partial charge < -0.3 is 5.32 Å². The molecule has 0 amide bonds. The first-order valence-corrected chi connectivity index (χ1v) is 6.67. The molecule has 0 saturated carbocycles. The molecule has 104 valence electrons. The second-order valence-electron chi connectivity index (χ2n) is 5.11. The van der Waals surface area contributed by atoms with E-state index in [9.17, 15) is 9.18 Å². The van der Waals surface area contributed by atoms with Crippen molar-refractivity contribution >= 4 is 12.0 Å². The highest BCUT2D eigenvalue weighted by Gasteiger charge is 2.03. The largest absolute Gasteiger partial charge is 0.379 e. The van der Waals surface area contributed by atoms with E-state index in [1.807, 2.05) is 12.1 Å². The summed E-state index contributed by atoms with van der Waals surface area (Å²) in [5.41, 5.74) is 3.13. The van der Waals surface area contributed by atoms with Crippen LogP contribution in [-0.2, 0) is 6.54 Å². The standard InChI is InChI=1S/C17H18FNO/c1-12(2)15-6-3-13(4-7-15)10-19-17-8-5-14(11-20)9-16(17)18/h3-9,11-12,19H,10H2,1-2H3. The maximum atomic E-state index is 13.7. The average molecular weight is 271 g/mol. The summed E-state index contributed by atoms with van der Waals surface area (Å²) in [7, 11) is 0. The Bertz CT molecular complexity index is 590. The van der Waals surface area contributed by atoms with E-state index in [1.54, 1.807) is 12.1 Å². The van der Waals surface area contributed by atoms with Crippen molar-refractivity contribution in [1.82, 2.24) is 0 Å². The molecule has 0 aliphatic rings. The molecule has 20 heavy (non-hydrogen) atoms. The Labute approximate surface area is 118 Å². The Kier molecular flexibility index (Phi) is 4.51. The van der Waals surface area contributed by atoms with Crippen molar-refractivity contribution in [2.75, 3.05) is 5.32 Å². The van der Waals surface area contributed by atoms with Crippen molar-refractivity contribution in [3.63, 3.8) is 0 Å². The summed E-state index contributed by atoms with van der Waals surface area (Å²) in [6.07, 6.45) is 0.636. The molecule has 2 nitrogen and oxygen atoms in total. The molecule has 0 radical (unpaired) electrons. The molecule has 0 aliphatic heterocycles. The Balaban J connectivity index is 2.03. The molecule has 0 aliphatic carbocycles. The lowest BCUT2D eigenvalue weighted by molar-refractivity contribution is 0.112. The van der Waals surface area contributed by atoms with Gasteiger partial charge in [0.2, 0.25) is 0 Å². The third kappa shape index (κ3) is 3.44. The maximum absolute atomic E-state index is 13.7. The van der Waals surface area contributed by atoms with Gasteiger partial charge in [-0.3, -0.25) is 4.79 Å². The van der Waals surface area contributed by atoms with Crippen molar-refractivity contribution in [1.29, 1.82) is 0 Å². The number of anilines is 1. The first-order chi connectivity index (χ1) is 9.60. The van der Waals surface area contributed by atoms with Crippen LogP contribution >= 0.6 is 0 Å². The van der Waals surface area contributed by atoms with E-state index in [2.05, 4.69) is 31.3 Å². The highest BCUT2D eigenvalue weighted by atomic mass is 19.1. The van der Waals surface area contributed by atoms with E-state index >= 15 is 0 Å². The molecule has 0 fully saturated rings. The summed E-state index contributed by atoms with van der Waals surface area (Å²) < 4.78 is 13.7. The topological polar surface area (TPSA) is 29.1 Å². The highest BCUT2D eigenvalue weighted by Crippen LogP contribution is 2.18. The normalized spacial score (nSPS) is 10.6. The minimum absolute atomic E-state index is 0.342. The van der Waals surface area contributed by atoms with E-state index in [0.717, 1.165) is 5.56 Å². The number of carbonyl (C=O) groups is 1. The van der Waals surface area contributed by atoms with Crippen LogP contribution < -0.4 is 5.32 Å². The molecular formula is C17H18FNO. The number of hydrogen-bond donors (Lipinski definition) is 1. The zero-order chi connectivity index (χ0) is 14.5. The van der Waals surface area contributed by atoms with Crippen LogP contribution in [0.3, 0.4) is 0 Å². The SMILES string of the molecule is CC(C)c1ccc(CNc2ccc(C=O)cc2F)cc1. The monoisotopic (exact) mass is 271 g/mol. The van der Waals surface area contributed by atoms with E-state index in [0.29, 0.717) is 30.0 Å². The van der Waals surface area contributed by atoms with Gasteiger partial charge in [-0.25, -0.2) is 4.39 Å². The molecule has 0 bridgehead atoms. The Morgan fingerprint density at radius 3 is 2.40 bits per heavy atom. The van der Waals surface area contributed by atoms with Crippen LogP contribution in [0.25, 0.3) is 0 Å². The highest BCUT2D eigenvalue weighted by molar-refractivity contribution is 5.75. The molecule has 1 N–H and O–H groups in total. The molecule has 0 unspecified atom stereocenters. The van der Waals surface area contributed by atoms with Crippen LogP contribution in [0.4, 0.5) is 10.1 Å². The quantitative estimate of drug-likeness (QED) is 0.818. The van der Waals surface area contributed by atoms with Gasteiger partial charge in [0.1, 0.15) is 12.1 Å². The number of hydrogen-bond acceptors (Lipinski definition) is 2. The van der Waals surface area contributed by atoms with Crippen molar-refractivity contribution in [2.24, 2.45) is 0 Å². The summed E-state index contributed by atoms with van der Waals surface area (Å²) >= 11 is 0. The van der Waals surface area contributed by atoms with Crippen LogP contribution in [0.1, 0.15) is 41.3 Å². The minimum Gasteiger partial charge on any atom is -0.379 e. The van der Waals surface area contributed by atoms with Gasteiger partial charge in [-0.05, 0) is 35.2 Å². The van der Waals surface area contributed by atoms with Gasteiger partial charge in [0.25, 0.3) is 0 Å². The van der Waals surface area contributed by atoms with Crippen LogP contribution in [0.15, 0.2) is 42.5 Å². The minimum atomic E-state index is -0.409. The lowest BCUT2D eigenvalue weighted by atomic mass is 10.0. The van der Waals surface area contributed by atoms with Crippen molar-refractivity contribution in [3.8, 4) is 0 Å². The molecule has 2 aromatic carbocycles. The number of aldehydes is 1. The number of halogens is 1. The number of carbonyl (C=O) groups excluding carboxylic acids is 1. The van der Waals surface area contributed by atoms with Gasteiger partial charge in [0.15, 0.2) is 0 Å². The fraction of sp³-hybridized carbons (Fsp3) is 0.235. The van der Waals surface area contributed by atoms with Crippen LogP contribution in [0.2, 0.25) is 0 Å². The molecule has 0 heterocycles. The lowest BCUT2D eigenvalue weighted by Gasteiger charge is -2.10. The fourth-order valence-electron chi connectivity index (χ4n) is 1.97. The Morgan fingerprint density at radius 2 is 1.85 bits per heavy atom. The van der Waals surface area contributed by atoms with Gasteiger partial charge in [-0.15, -0.1) is 0 Å². The summed E-state index contributed by atoms with van der Waals surface area (Å²) in [6, 6.07) is 12.7. The summed E-state index contributed by atoms with van der Waals surface area (Å²) in [5, 5.41) is 3.04. The first kappa shape index (κ1) is 14.3. The second kappa shape index (κ2) is 6.33. The first-order valence-electron chi connectivity index (χ1n) is 6.67. The smallest absolute Gasteiger partial charge is 0.150 e. The van der Waals surface area contributed by atoms with Crippen molar-refractivity contribution in [3.05, 3.63) is 65.0 Å². The average Bonchev–Trinajstić information content (AvgIpc) is 2.46. The number of benzene rings is 2. The lowest BCUT2D eigenvalue weighted by Crippen LogP contribution is -2.02. The van der Waals surface area contributed by atoms with E-state index in [1.165, 1.54) is 11.6 Å². The van der Waals surface area contributed by atoms with Crippen LogP contribution in [0.5, 0.6) is 0 Å². The summed E-state index contributed by atoms with van der Waals surface area (Å²) in [5.74, 6) is 0.0961. The molecule has 2 aromatic rings. The summed E-state index contributed by atoms with van der Waals surface area (Å²) in [4.78, 5) is 10.5. The molecule has 0 saturated heterocycles. The molecule has 2 rings (SSSR count). The predicted molar refractivity (Wildman–Crippen MR) is 79.6 cm³/mol. The number of rotatable bonds is 5. The van der Waals surface area contributed by atoms with E-state index in [-0.39, 0.29) is 0 Å². The van der Waals surface area contributed by atoms with Crippen molar-refractivity contribution < 1.29 is 9.18 Å². The maximum Gasteiger partial charge on any atom is 0.150 e. The third-order valence-electron chi connectivity index (χ3n) is 3.26. The molecule has 0 atom stereocenters. The molecule has 0 spiro atoms. The molecule has 0 aromatic heterocycles. The van der Waals surface area contributed by atoms with Gasteiger partial charge in [0.05, 0.1) is 5.69 Å². The van der Waals surface area contributed by atoms with Crippen LogP contribution in [0, 0.1) is 5.82 Å². The Morgan fingerprint density at radius 1 is 1.15 bits per heavy atom. The zero-order valence-corrected chi connectivity index (χ0v) is 11.7. The zero-order valence-electron chi connectivity index (χ0n) is 11.7. The second-order valence-corrected chi connectivity index (χ2v) is 5.11. The van der Waals surface area contributed by atoms with Gasteiger partial charge >= 0.3 is 0 Å². The molecule has 3 heteroatoms. The van der Waals surface area contributed by atoms with Crippen molar-refractivity contribution in [2.45, 2.75) is 26.3 Å².